The minimum absolute atomic E-state index is 0.406. The third-order valence-corrected chi connectivity index (χ3v) is 3.02. The van der Waals surface area contributed by atoms with Crippen LogP contribution in [-0.4, -0.2) is 18.3 Å². The molecular formula is C8H10ClNO3S. The lowest BCUT2D eigenvalue weighted by Crippen LogP contribution is -2.25. The Morgan fingerprint density at radius 2 is 2.00 bits per heavy atom. The van der Waals surface area contributed by atoms with Crippen molar-refractivity contribution in [3.8, 4) is 0 Å². The molecule has 78 valence electrons. The number of nitrogens with one attached hydrogen (secondary N) is 1. The SMILES string of the molecule is CC(Nc1ccccc1Cl)S(=O)(=O)O. The van der Waals surface area contributed by atoms with Gasteiger partial charge < -0.3 is 5.32 Å². The minimum atomic E-state index is -4.09. The van der Waals surface area contributed by atoms with E-state index in [1.54, 1.807) is 24.3 Å². The van der Waals surface area contributed by atoms with E-state index in [4.69, 9.17) is 16.2 Å². The molecule has 0 aliphatic carbocycles. The summed E-state index contributed by atoms with van der Waals surface area (Å²) in [6, 6.07) is 6.70. The first kappa shape index (κ1) is 11.3. The standard InChI is InChI=1S/C8H10ClNO3S/c1-6(14(11,12)13)10-8-5-3-2-4-7(8)9/h2-6,10H,1H3,(H,11,12,13). The Morgan fingerprint density at radius 3 is 2.50 bits per heavy atom. The first-order valence-electron chi connectivity index (χ1n) is 3.88. The molecule has 0 saturated heterocycles. The van der Waals surface area contributed by atoms with E-state index in [0.29, 0.717) is 10.7 Å². The number of hydrogen-bond donors (Lipinski definition) is 2. The number of para-hydroxylation sites is 1. The first-order chi connectivity index (χ1) is 6.41. The van der Waals surface area contributed by atoms with Crippen molar-refractivity contribution >= 4 is 27.4 Å². The van der Waals surface area contributed by atoms with Gasteiger partial charge in [0, 0.05) is 0 Å². The van der Waals surface area contributed by atoms with E-state index in [-0.39, 0.29) is 0 Å². The zero-order valence-corrected chi connectivity index (χ0v) is 9.01. The van der Waals surface area contributed by atoms with Gasteiger partial charge in [0.25, 0.3) is 10.1 Å². The van der Waals surface area contributed by atoms with E-state index in [1.807, 2.05) is 0 Å². The summed E-state index contributed by atoms with van der Waals surface area (Å²) in [6.07, 6.45) is 0. The van der Waals surface area contributed by atoms with E-state index in [9.17, 15) is 8.42 Å². The minimum Gasteiger partial charge on any atom is -0.366 e. The van der Waals surface area contributed by atoms with Gasteiger partial charge in [0.05, 0.1) is 10.7 Å². The summed E-state index contributed by atoms with van der Waals surface area (Å²) < 4.78 is 30.1. The summed E-state index contributed by atoms with van der Waals surface area (Å²) >= 11 is 5.78. The fourth-order valence-electron chi connectivity index (χ4n) is 0.872. The van der Waals surface area contributed by atoms with Crippen LogP contribution in [0.2, 0.25) is 5.02 Å². The van der Waals surface area contributed by atoms with E-state index >= 15 is 0 Å². The topological polar surface area (TPSA) is 66.4 Å². The monoisotopic (exact) mass is 235 g/mol. The van der Waals surface area contributed by atoms with Crippen LogP contribution in [0.1, 0.15) is 6.92 Å². The molecule has 0 heterocycles. The van der Waals surface area contributed by atoms with Crippen molar-refractivity contribution in [2.45, 2.75) is 12.3 Å². The Hall–Kier alpha value is -0.780. The normalized spacial score (nSPS) is 13.6. The highest BCUT2D eigenvalue weighted by Crippen LogP contribution is 2.21. The number of rotatable bonds is 3. The maximum absolute atomic E-state index is 10.7. The largest absolute Gasteiger partial charge is 0.366 e. The Labute approximate surface area is 87.6 Å². The third kappa shape index (κ3) is 2.87. The smallest absolute Gasteiger partial charge is 0.285 e. The quantitative estimate of drug-likeness (QED) is 0.787. The van der Waals surface area contributed by atoms with Crippen LogP contribution < -0.4 is 5.32 Å². The molecule has 14 heavy (non-hydrogen) atoms. The molecule has 1 rings (SSSR count). The molecule has 0 saturated carbocycles. The molecule has 0 bridgehead atoms. The van der Waals surface area contributed by atoms with Gasteiger partial charge in [0.1, 0.15) is 0 Å². The van der Waals surface area contributed by atoms with E-state index in [0.717, 1.165) is 0 Å². The van der Waals surface area contributed by atoms with Crippen molar-refractivity contribution in [1.29, 1.82) is 0 Å². The van der Waals surface area contributed by atoms with Crippen LogP contribution in [0, 0.1) is 0 Å². The summed E-state index contributed by atoms with van der Waals surface area (Å²) in [7, 11) is -4.09. The molecule has 1 atom stereocenters. The van der Waals surface area contributed by atoms with Crippen LogP contribution in [0.3, 0.4) is 0 Å². The Morgan fingerprint density at radius 1 is 1.43 bits per heavy atom. The summed E-state index contributed by atoms with van der Waals surface area (Å²) in [5, 5.41) is 1.90. The zero-order valence-electron chi connectivity index (χ0n) is 7.44. The molecule has 1 aromatic carbocycles. The molecule has 1 unspecified atom stereocenters. The van der Waals surface area contributed by atoms with Crippen molar-refractivity contribution in [2.24, 2.45) is 0 Å². The molecule has 1 aromatic rings. The zero-order chi connectivity index (χ0) is 10.8. The second-order valence-electron chi connectivity index (χ2n) is 2.78. The molecule has 0 fully saturated rings. The van der Waals surface area contributed by atoms with Crippen molar-refractivity contribution in [2.75, 3.05) is 5.32 Å². The molecule has 2 N–H and O–H groups in total. The molecule has 6 heteroatoms. The van der Waals surface area contributed by atoms with Crippen molar-refractivity contribution < 1.29 is 13.0 Å². The van der Waals surface area contributed by atoms with Crippen molar-refractivity contribution in [3.05, 3.63) is 29.3 Å². The van der Waals surface area contributed by atoms with Crippen LogP contribution in [0.4, 0.5) is 5.69 Å². The molecule has 0 aromatic heterocycles. The van der Waals surface area contributed by atoms with Crippen molar-refractivity contribution in [1.82, 2.24) is 0 Å². The van der Waals surface area contributed by atoms with Gasteiger partial charge >= 0.3 is 0 Å². The second kappa shape index (κ2) is 4.16. The predicted molar refractivity (Wildman–Crippen MR) is 56.1 cm³/mol. The molecule has 0 radical (unpaired) electrons. The summed E-state index contributed by atoms with van der Waals surface area (Å²) in [5.74, 6) is 0. The number of halogens is 1. The van der Waals surface area contributed by atoms with Crippen LogP contribution in [0.25, 0.3) is 0 Å². The van der Waals surface area contributed by atoms with E-state index < -0.39 is 15.5 Å². The molecule has 0 spiro atoms. The molecular weight excluding hydrogens is 226 g/mol. The van der Waals surface area contributed by atoms with Crippen LogP contribution in [0.5, 0.6) is 0 Å². The van der Waals surface area contributed by atoms with Crippen LogP contribution in [-0.2, 0) is 10.1 Å². The number of benzene rings is 1. The molecule has 0 amide bonds. The summed E-state index contributed by atoms with van der Waals surface area (Å²) in [6.45, 7) is 1.33. The average molecular weight is 236 g/mol. The third-order valence-electron chi connectivity index (χ3n) is 1.68. The first-order valence-corrected chi connectivity index (χ1v) is 5.77. The highest BCUT2D eigenvalue weighted by molar-refractivity contribution is 7.86. The lowest BCUT2D eigenvalue weighted by atomic mass is 10.3. The Bertz CT molecular complexity index is 418. The van der Waals surface area contributed by atoms with Crippen molar-refractivity contribution in [3.63, 3.8) is 0 Å². The van der Waals surface area contributed by atoms with Gasteiger partial charge in [0.15, 0.2) is 5.37 Å². The highest BCUT2D eigenvalue weighted by Gasteiger charge is 2.17. The number of hydrogen-bond acceptors (Lipinski definition) is 3. The van der Waals surface area contributed by atoms with E-state index in [2.05, 4.69) is 5.32 Å². The lowest BCUT2D eigenvalue weighted by molar-refractivity contribution is 0.475. The van der Waals surface area contributed by atoms with E-state index in [1.165, 1.54) is 6.92 Å². The van der Waals surface area contributed by atoms with Gasteiger partial charge in [-0.2, -0.15) is 8.42 Å². The Kier molecular flexibility index (Phi) is 3.36. The van der Waals surface area contributed by atoms with Gasteiger partial charge in [-0.15, -0.1) is 0 Å². The molecule has 0 aliphatic heterocycles. The maximum Gasteiger partial charge on any atom is 0.285 e. The van der Waals surface area contributed by atoms with Gasteiger partial charge in [-0.05, 0) is 19.1 Å². The van der Waals surface area contributed by atoms with Gasteiger partial charge in [0.2, 0.25) is 0 Å². The number of anilines is 1. The van der Waals surface area contributed by atoms with Gasteiger partial charge in [-0.25, -0.2) is 0 Å². The van der Waals surface area contributed by atoms with Crippen LogP contribution >= 0.6 is 11.6 Å². The summed E-state index contributed by atoms with van der Waals surface area (Å²) in [5.41, 5.74) is 0.472. The fraction of sp³-hybridized carbons (Fsp3) is 0.250. The maximum atomic E-state index is 10.7. The molecule has 4 nitrogen and oxygen atoms in total. The lowest BCUT2D eigenvalue weighted by Gasteiger charge is -2.12. The van der Waals surface area contributed by atoms with Gasteiger partial charge in [-0.3, -0.25) is 4.55 Å². The second-order valence-corrected chi connectivity index (χ2v) is 4.93. The van der Waals surface area contributed by atoms with Crippen LogP contribution in [0.15, 0.2) is 24.3 Å². The Balaban J connectivity index is 2.85. The average Bonchev–Trinajstić information content (AvgIpc) is 2.07. The summed E-state index contributed by atoms with van der Waals surface area (Å²) in [4.78, 5) is 0. The predicted octanol–water partition coefficient (Wildman–Crippen LogP) is 1.99. The van der Waals surface area contributed by atoms with Gasteiger partial charge in [-0.1, -0.05) is 23.7 Å². The fourth-order valence-corrected chi connectivity index (χ4v) is 1.34. The molecule has 0 aliphatic rings. The highest BCUT2D eigenvalue weighted by atomic mass is 35.5.